The van der Waals surface area contributed by atoms with E-state index in [-0.39, 0.29) is 13.2 Å². The maximum atomic E-state index is 11.8. The average molecular weight is 306 g/mol. The summed E-state index contributed by atoms with van der Waals surface area (Å²) >= 11 is 0. The van der Waals surface area contributed by atoms with Crippen LogP contribution in [0.3, 0.4) is 0 Å². The van der Waals surface area contributed by atoms with Crippen LogP contribution in [0.5, 0.6) is 0 Å². The number of ether oxygens (including phenoxy) is 1. The highest BCUT2D eigenvalue weighted by Crippen LogP contribution is 2.01. The lowest BCUT2D eigenvalue weighted by Crippen LogP contribution is -2.48. The number of carbonyl (C=O) groups excluding carboxylic acids is 2. The third kappa shape index (κ3) is 6.56. The van der Waals surface area contributed by atoms with E-state index in [2.05, 4.69) is 17.2 Å². The number of carboxylic acids is 1. The number of rotatable bonds is 8. The van der Waals surface area contributed by atoms with Crippen molar-refractivity contribution in [1.29, 1.82) is 0 Å². The summed E-state index contributed by atoms with van der Waals surface area (Å²) in [5.74, 6) is -1.82. The van der Waals surface area contributed by atoms with Crippen molar-refractivity contribution in [2.75, 3.05) is 6.54 Å². The third-order valence-electron chi connectivity index (χ3n) is 2.62. The van der Waals surface area contributed by atoms with Gasteiger partial charge in [-0.15, -0.1) is 6.58 Å². The van der Waals surface area contributed by atoms with Crippen LogP contribution < -0.4 is 10.6 Å². The SMILES string of the molecule is C=CCNC(=O)[C@H](CC(=O)O)NC(=O)OCc1ccccc1. The molecule has 1 aromatic carbocycles. The molecule has 22 heavy (non-hydrogen) atoms. The molecule has 0 saturated carbocycles. The summed E-state index contributed by atoms with van der Waals surface area (Å²) in [5, 5.41) is 13.5. The zero-order chi connectivity index (χ0) is 16.4. The van der Waals surface area contributed by atoms with Crippen LogP contribution in [0.25, 0.3) is 0 Å². The molecule has 0 heterocycles. The minimum absolute atomic E-state index is 0.0285. The Morgan fingerprint density at radius 1 is 1.27 bits per heavy atom. The minimum Gasteiger partial charge on any atom is -0.481 e. The summed E-state index contributed by atoms with van der Waals surface area (Å²) in [7, 11) is 0. The molecular formula is C15H18N2O5. The number of nitrogens with one attached hydrogen (secondary N) is 2. The highest BCUT2D eigenvalue weighted by Gasteiger charge is 2.23. The van der Waals surface area contributed by atoms with Gasteiger partial charge in [0.05, 0.1) is 6.42 Å². The average Bonchev–Trinajstić information content (AvgIpc) is 2.50. The van der Waals surface area contributed by atoms with E-state index >= 15 is 0 Å². The van der Waals surface area contributed by atoms with Gasteiger partial charge in [-0.3, -0.25) is 9.59 Å². The fraction of sp³-hybridized carbons (Fsp3) is 0.267. The molecule has 0 aromatic heterocycles. The molecule has 1 rings (SSSR count). The van der Waals surface area contributed by atoms with Crippen molar-refractivity contribution >= 4 is 18.0 Å². The molecule has 0 radical (unpaired) electrons. The van der Waals surface area contributed by atoms with Crippen molar-refractivity contribution in [3.8, 4) is 0 Å². The van der Waals surface area contributed by atoms with Gasteiger partial charge in [-0.2, -0.15) is 0 Å². The van der Waals surface area contributed by atoms with Gasteiger partial charge >= 0.3 is 12.1 Å². The van der Waals surface area contributed by atoms with E-state index < -0.39 is 30.4 Å². The molecule has 0 unspecified atom stereocenters. The highest BCUT2D eigenvalue weighted by molar-refractivity contribution is 5.89. The van der Waals surface area contributed by atoms with Crippen molar-refractivity contribution in [2.45, 2.75) is 19.1 Å². The number of amides is 2. The van der Waals surface area contributed by atoms with Crippen molar-refractivity contribution < 1.29 is 24.2 Å². The molecule has 0 saturated heterocycles. The first-order chi connectivity index (χ1) is 10.5. The quantitative estimate of drug-likeness (QED) is 0.623. The summed E-state index contributed by atoms with van der Waals surface area (Å²) in [6, 6.07) is 7.77. The second kappa shape index (κ2) is 9.17. The molecule has 2 amide bonds. The van der Waals surface area contributed by atoms with Gasteiger partial charge in [-0.05, 0) is 5.56 Å². The highest BCUT2D eigenvalue weighted by atomic mass is 16.5. The first-order valence-corrected chi connectivity index (χ1v) is 6.60. The van der Waals surface area contributed by atoms with Gasteiger partial charge in [0.2, 0.25) is 5.91 Å². The van der Waals surface area contributed by atoms with E-state index in [4.69, 9.17) is 9.84 Å². The number of hydrogen-bond donors (Lipinski definition) is 3. The van der Waals surface area contributed by atoms with Crippen LogP contribution in [-0.2, 0) is 20.9 Å². The van der Waals surface area contributed by atoms with Crippen LogP contribution in [0.4, 0.5) is 4.79 Å². The summed E-state index contributed by atoms with van der Waals surface area (Å²) < 4.78 is 4.95. The van der Waals surface area contributed by atoms with Gasteiger partial charge in [0.1, 0.15) is 12.6 Å². The van der Waals surface area contributed by atoms with Crippen molar-refractivity contribution in [3.05, 3.63) is 48.6 Å². The summed E-state index contributed by atoms with van der Waals surface area (Å²) in [4.78, 5) is 34.2. The first kappa shape index (κ1) is 17.2. The molecular weight excluding hydrogens is 288 g/mol. The lowest BCUT2D eigenvalue weighted by molar-refractivity contribution is -0.139. The number of benzene rings is 1. The van der Waals surface area contributed by atoms with E-state index in [1.54, 1.807) is 24.3 Å². The Labute approximate surface area is 128 Å². The Morgan fingerprint density at radius 3 is 2.55 bits per heavy atom. The van der Waals surface area contributed by atoms with Gasteiger partial charge in [-0.25, -0.2) is 4.79 Å². The van der Waals surface area contributed by atoms with E-state index in [9.17, 15) is 14.4 Å². The number of carbonyl (C=O) groups is 3. The van der Waals surface area contributed by atoms with Crippen LogP contribution in [0, 0.1) is 0 Å². The number of hydrogen-bond acceptors (Lipinski definition) is 4. The third-order valence-corrected chi connectivity index (χ3v) is 2.62. The normalized spacial score (nSPS) is 11.1. The topological polar surface area (TPSA) is 105 Å². The summed E-state index contributed by atoms with van der Waals surface area (Å²) in [6.07, 6.45) is 0.0520. The largest absolute Gasteiger partial charge is 0.481 e. The summed E-state index contributed by atoms with van der Waals surface area (Å²) in [5.41, 5.74) is 0.781. The smallest absolute Gasteiger partial charge is 0.408 e. The fourth-order valence-corrected chi connectivity index (χ4v) is 1.59. The predicted octanol–water partition coefficient (Wildman–Crippen LogP) is 1.06. The van der Waals surface area contributed by atoms with E-state index in [1.165, 1.54) is 6.08 Å². The van der Waals surface area contributed by atoms with E-state index in [0.717, 1.165) is 5.56 Å². The Balaban J connectivity index is 2.52. The Hall–Kier alpha value is -2.83. The van der Waals surface area contributed by atoms with Crippen LogP contribution in [0.1, 0.15) is 12.0 Å². The number of carboxylic acid groups (broad SMARTS) is 1. The van der Waals surface area contributed by atoms with Gasteiger partial charge < -0.3 is 20.5 Å². The predicted molar refractivity (Wildman–Crippen MR) is 79.0 cm³/mol. The Bertz CT molecular complexity index is 530. The Kier molecular flexibility index (Phi) is 7.18. The molecule has 0 fully saturated rings. The molecule has 0 bridgehead atoms. The maximum Gasteiger partial charge on any atom is 0.408 e. The molecule has 0 spiro atoms. The van der Waals surface area contributed by atoms with Crippen molar-refractivity contribution in [1.82, 2.24) is 10.6 Å². The fourth-order valence-electron chi connectivity index (χ4n) is 1.59. The molecule has 0 aliphatic heterocycles. The van der Waals surface area contributed by atoms with Crippen LogP contribution >= 0.6 is 0 Å². The molecule has 118 valence electrons. The molecule has 1 aromatic rings. The van der Waals surface area contributed by atoms with Crippen LogP contribution in [-0.4, -0.2) is 35.7 Å². The second-order valence-corrected chi connectivity index (χ2v) is 4.39. The molecule has 7 nitrogen and oxygen atoms in total. The Morgan fingerprint density at radius 2 is 1.95 bits per heavy atom. The monoisotopic (exact) mass is 306 g/mol. The lowest BCUT2D eigenvalue weighted by atomic mass is 10.2. The molecule has 3 N–H and O–H groups in total. The molecule has 0 aliphatic carbocycles. The van der Waals surface area contributed by atoms with Gasteiger partial charge in [0.15, 0.2) is 0 Å². The van der Waals surface area contributed by atoms with Crippen LogP contribution in [0.2, 0.25) is 0 Å². The zero-order valence-corrected chi connectivity index (χ0v) is 12.0. The molecule has 1 atom stereocenters. The summed E-state index contributed by atoms with van der Waals surface area (Å²) in [6.45, 7) is 3.64. The van der Waals surface area contributed by atoms with E-state index in [1.807, 2.05) is 6.07 Å². The van der Waals surface area contributed by atoms with Gasteiger partial charge in [-0.1, -0.05) is 36.4 Å². The van der Waals surface area contributed by atoms with Crippen molar-refractivity contribution in [3.63, 3.8) is 0 Å². The standard InChI is InChI=1S/C15H18N2O5/c1-2-8-16-14(20)12(9-13(18)19)17-15(21)22-10-11-6-4-3-5-7-11/h2-7,12H,1,8-10H2,(H,16,20)(H,17,21)(H,18,19)/t12-/m0/s1. The first-order valence-electron chi connectivity index (χ1n) is 6.60. The van der Waals surface area contributed by atoms with Gasteiger partial charge in [0, 0.05) is 6.54 Å². The lowest BCUT2D eigenvalue weighted by Gasteiger charge is -2.16. The minimum atomic E-state index is -1.21. The maximum absolute atomic E-state index is 11.8. The van der Waals surface area contributed by atoms with Crippen molar-refractivity contribution in [2.24, 2.45) is 0 Å². The number of aliphatic carboxylic acids is 1. The second-order valence-electron chi connectivity index (χ2n) is 4.39. The van der Waals surface area contributed by atoms with Crippen LogP contribution in [0.15, 0.2) is 43.0 Å². The van der Waals surface area contributed by atoms with Gasteiger partial charge in [0.25, 0.3) is 0 Å². The molecule has 7 heteroatoms. The molecule has 0 aliphatic rings. The zero-order valence-electron chi connectivity index (χ0n) is 12.0. The van der Waals surface area contributed by atoms with E-state index in [0.29, 0.717) is 0 Å². The number of alkyl carbamates (subject to hydrolysis) is 1.